The number of hydrogen-bond acceptors (Lipinski definition) is 5. The minimum Gasteiger partial charge on any atom is -0.480 e. The van der Waals surface area contributed by atoms with Crippen molar-refractivity contribution in [2.24, 2.45) is 0 Å². The Balaban J connectivity index is 2.69. The van der Waals surface area contributed by atoms with Crippen molar-refractivity contribution in [1.82, 2.24) is 15.1 Å². The van der Waals surface area contributed by atoms with Gasteiger partial charge in [-0.2, -0.15) is 0 Å². The molecule has 0 aromatic rings. The third kappa shape index (κ3) is 5.50. The fourth-order valence-electron chi connectivity index (χ4n) is 2.05. The van der Waals surface area contributed by atoms with Crippen LogP contribution in [0.2, 0.25) is 0 Å². The van der Waals surface area contributed by atoms with Crippen LogP contribution in [0.5, 0.6) is 0 Å². The summed E-state index contributed by atoms with van der Waals surface area (Å²) in [7, 11) is 0.564. The van der Waals surface area contributed by atoms with Crippen LogP contribution in [0.4, 0.5) is 4.79 Å². The second-order valence-corrected chi connectivity index (χ2v) is 7.81. The number of rotatable bonds is 6. The summed E-state index contributed by atoms with van der Waals surface area (Å²) in [5.41, 5.74) is 0. The topological polar surface area (TPSA) is 107 Å². The highest BCUT2D eigenvalue weighted by atomic mass is 32.2. The third-order valence-corrected chi connectivity index (χ3v) is 5.40. The number of carbonyl (C=O) groups is 2. The number of nitrogens with one attached hydrogen (secondary N) is 1. The van der Waals surface area contributed by atoms with Crippen LogP contribution in [0.1, 0.15) is 13.3 Å². The number of carbonyl (C=O) groups excluding carboxylic acids is 1. The number of aliphatic carboxylic acids is 1. The Morgan fingerprint density at radius 3 is 2.43 bits per heavy atom. The Morgan fingerprint density at radius 2 is 2.00 bits per heavy atom. The SMILES string of the molecule is CC(CNC(=O)N(CC(=O)O)C1CCS(=O)(=O)C1)N(C)C. The second kappa shape index (κ2) is 7.08. The van der Waals surface area contributed by atoms with Crippen LogP contribution < -0.4 is 5.32 Å². The van der Waals surface area contributed by atoms with E-state index in [4.69, 9.17) is 5.11 Å². The number of hydrogen-bond donors (Lipinski definition) is 2. The molecular formula is C12H23N3O5S. The molecule has 0 radical (unpaired) electrons. The predicted octanol–water partition coefficient (Wildman–Crippen LogP) is -0.780. The van der Waals surface area contributed by atoms with Crippen LogP contribution >= 0.6 is 0 Å². The van der Waals surface area contributed by atoms with E-state index in [1.165, 1.54) is 0 Å². The molecule has 0 aromatic carbocycles. The van der Waals surface area contributed by atoms with E-state index < -0.39 is 34.4 Å². The lowest BCUT2D eigenvalue weighted by molar-refractivity contribution is -0.138. The van der Waals surface area contributed by atoms with Crippen LogP contribution in [0.3, 0.4) is 0 Å². The zero-order valence-electron chi connectivity index (χ0n) is 12.6. The Bertz CT molecular complexity index is 491. The molecule has 1 heterocycles. The van der Waals surface area contributed by atoms with Crippen molar-refractivity contribution in [3.8, 4) is 0 Å². The lowest BCUT2D eigenvalue weighted by Gasteiger charge is -2.28. The summed E-state index contributed by atoms with van der Waals surface area (Å²) >= 11 is 0. The number of likely N-dealkylation sites (N-methyl/N-ethyl adjacent to an activating group) is 1. The summed E-state index contributed by atoms with van der Waals surface area (Å²) in [6, 6.07) is -1.01. The average molecular weight is 321 g/mol. The molecule has 1 saturated heterocycles. The van der Waals surface area contributed by atoms with Crippen LogP contribution in [-0.2, 0) is 14.6 Å². The van der Waals surface area contributed by atoms with Gasteiger partial charge < -0.3 is 20.2 Å². The first-order valence-corrected chi connectivity index (χ1v) is 8.57. The normalized spacial score (nSPS) is 22.0. The molecule has 0 spiro atoms. The van der Waals surface area contributed by atoms with Gasteiger partial charge >= 0.3 is 12.0 Å². The molecule has 2 N–H and O–H groups in total. The van der Waals surface area contributed by atoms with Gasteiger partial charge in [-0.15, -0.1) is 0 Å². The van der Waals surface area contributed by atoms with E-state index >= 15 is 0 Å². The highest BCUT2D eigenvalue weighted by Gasteiger charge is 2.35. The molecule has 1 aliphatic heterocycles. The maximum absolute atomic E-state index is 12.1. The third-order valence-electron chi connectivity index (χ3n) is 3.65. The minimum absolute atomic E-state index is 0.00480. The lowest BCUT2D eigenvalue weighted by Crippen LogP contribution is -2.51. The molecule has 21 heavy (non-hydrogen) atoms. The summed E-state index contributed by atoms with van der Waals surface area (Å²) in [4.78, 5) is 26.1. The average Bonchev–Trinajstić information content (AvgIpc) is 2.72. The van der Waals surface area contributed by atoms with Crippen LogP contribution in [0.25, 0.3) is 0 Å². The van der Waals surface area contributed by atoms with E-state index in [1.807, 2.05) is 25.9 Å². The highest BCUT2D eigenvalue weighted by molar-refractivity contribution is 7.91. The second-order valence-electron chi connectivity index (χ2n) is 5.58. The van der Waals surface area contributed by atoms with Crippen molar-refractivity contribution in [3.63, 3.8) is 0 Å². The minimum atomic E-state index is -3.18. The lowest BCUT2D eigenvalue weighted by atomic mass is 10.2. The summed E-state index contributed by atoms with van der Waals surface area (Å²) in [5, 5.41) is 11.6. The van der Waals surface area contributed by atoms with Crippen molar-refractivity contribution in [2.45, 2.75) is 25.4 Å². The number of carboxylic acids is 1. The van der Waals surface area contributed by atoms with Gasteiger partial charge in [-0.05, 0) is 27.4 Å². The Morgan fingerprint density at radius 1 is 1.38 bits per heavy atom. The van der Waals surface area contributed by atoms with Crippen LogP contribution in [0, 0.1) is 0 Å². The number of sulfone groups is 1. The molecule has 122 valence electrons. The molecular weight excluding hydrogens is 298 g/mol. The molecule has 0 bridgehead atoms. The Kier molecular flexibility index (Phi) is 5.97. The molecule has 1 fully saturated rings. The van der Waals surface area contributed by atoms with E-state index in [0.717, 1.165) is 4.90 Å². The first-order chi connectivity index (χ1) is 9.62. The van der Waals surface area contributed by atoms with Gasteiger partial charge in [-0.1, -0.05) is 0 Å². The molecule has 2 atom stereocenters. The molecule has 0 aromatic heterocycles. The summed E-state index contributed by atoms with van der Waals surface area (Å²) in [6.07, 6.45) is 0.284. The monoisotopic (exact) mass is 321 g/mol. The summed E-state index contributed by atoms with van der Waals surface area (Å²) in [6.45, 7) is 1.78. The van der Waals surface area contributed by atoms with Gasteiger partial charge in [-0.3, -0.25) is 4.79 Å². The number of carboxylic acid groups (broad SMARTS) is 1. The summed E-state index contributed by atoms with van der Waals surface area (Å²) < 4.78 is 23.0. The van der Waals surface area contributed by atoms with Crippen molar-refractivity contribution >= 4 is 21.8 Å². The van der Waals surface area contributed by atoms with E-state index in [-0.39, 0.29) is 24.0 Å². The van der Waals surface area contributed by atoms with E-state index in [9.17, 15) is 18.0 Å². The summed E-state index contributed by atoms with van der Waals surface area (Å²) in [5.74, 6) is -1.33. The zero-order chi connectivity index (χ0) is 16.2. The number of urea groups is 1. The van der Waals surface area contributed by atoms with Gasteiger partial charge in [0.1, 0.15) is 6.54 Å². The zero-order valence-corrected chi connectivity index (χ0v) is 13.4. The Labute approximate surface area is 125 Å². The van der Waals surface area contributed by atoms with Gasteiger partial charge in [0.15, 0.2) is 9.84 Å². The number of amides is 2. The van der Waals surface area contributed by atoms with Gasteiger partial charge in [-0.25, -0.2) is 13.2 Å². The van der Waals surface area contributed by atoms with E-state index in [1.54, 1.807) is 0 Å². The maximum atomic E-state index is 12.1. The van der Waals surface area contributed by atoms with Crippen LogP contribution in [0.15, 0.2) is 0 Å². The molecule has 1 rings (SSSR count). The Hall–Kier alpha value is -1.35. The molecule has 2 amide bonds. The molecule has 2 unspecified atom stereocenters. The first kappa shape index (κ1) is 17.7. The van der Waals surface area contributed by atoms with Crippen LogP contribution in [-0.4, -0.2) is 86.1 Å². The number of nitrogens with zero attached hydrogens (tertiary/aromatic N) is 2. The molecule has 9 heteroatoms. The van der Waals surface area contributed by atoms with Gasteiger partial charge in [0.05, 0.1) is 11.5 Å². The van der Waals surface area contributed by atoms with E-state index in [0.29, 0.717) is 6.54 Å². The largest absolute Gasteiger partial charge is 0.480 e. The fourth-order valence-corrected chi connectivity index (χ4v) is 3.78. The molecule has 0 saturated carbocycles. The van der Waals surface area contributed by atoms with Gasteiger partial charge in [0.25, 0.3) is 0 Å². The quantitative estimate of drug-likeness (QED) is 0.664. The van der Waals surface area contributed by atoms with Gasteiger partial charge in [0, 0.05) is 18.6 Å². The molecule has 8 nitrogen and oxygen atoms in total. The first-order valence-electron chi connectivity index (χ1n) is 6.75. The molecule has 1 aliphatic rings. The standard InChI is InChI=1S/C12H23N3O5S/c1-9(14(2)3)6-13-12(18)15(7-11(16)17)10-4-5-21(19,20)8-10/h9-10H,4-8H2,1-3H3,(H,13,18)(H,16,17). The predicted molar refractivity (Wildman–Crippen MR) is 77.9 cm³/mol. The fraction of sp³-hybridized carbons (Fsp3) is 0.833. The molecule has 0 aliphatic carbocycles. The van der Waals surface area contributed by atoms with Crippen molar-refractivity contribution in [2.75, 3.05) is 38.7 Å². The maximum Gasteiger partial charge on any atom is 0.323 e. The van der Waals surface area contributed by atoms with Gasteiger partial charge in [0.2, 0.25) is 0 Å². The highest BCUT2D eigenvalue weighted by Crippen LogP contribution is 2.17. The van der Waals surface area contributed by atoms with Crippen molar-refractivity contribution in [1.29, 1.82) is 0 Å². The van der Waals surface area contributed by atoms with Crippen molar-refractivity contribution in [3.05, 3.63) is 0 Å². The van der Waals surface area contributed by atoms with Crippen molar-refractivity contribution < 1.29 is 23.1 Å². The smallest absolute Gasteiger partial charge is 0.323 e. The van der Waals surface area contributed by atoms with E-state index in [2.05, 4.69) is 5.32 Å².